The van der Waals surface area contributed by atoms with Gasteiger partial charge in [-0.2, -0.15) is 0 Å². The lowest BCUT2D eigenvalue weighted by molar-refractivity contribution is 0.458. The summed E-state index contributed by atoms with van der Waals surface area (Å²) in [7, 11) is 0. The van der Waals surface area contributed by atoms with Crippen molar-refractivity contribution in [3.8, 4) is 5.75 Å². The fourth-order valence-electron chi connectivity index (χ4n) is 1.29. The van der Waals surface area contributed by atoms with Gasteiger partial charge in [0.1, 0.15) is 5.75 Å². The van der Waals surface area contributed by atoms with E-state index in [-0.39, 0.29) is 11.8 Å². The van der Waals surface area contributed by atoms with Crippen molar-refractivity contribution in [2.24, 2.45) is 5.73 Å². The largest absolute Gasteiger partial charge is 0.508 e. The molecule has 13 heavy (non-hydrogen) atoms. The third-order valence-corrected chi connectivity index (χ3v) is 2.48. The number of phenolic OH excluding ortho intramolecular Hbond substituents is 1. The van der Waals surface area contributed by atoms with E-state index < -0.39 is 0 Å². The van der Waals surface area contributed by atoms with Crippen molar-refractivity contribution in [1.82, 2.24) is 0 Å². The maximum atomic E-state index is 9.53. The van der Waals surface area contributed by atoms with Crippen LogP contribution in [0.1, 0.15) is 31.4 Å². The molecule has 1 aromatic carbocycles. The van der Waals surface area contributed by atoms with Gasteiger partial charge >= 0.3 is 0 Å². The Morgan fingerprint density at radius 1 is 1.54 bits per heavy atom. The minimum Gasteiger partial charge on any atom is -0.508 e. The lowest BCUT2D eigenvalue weighted by atomic mass is 10.0. The number of hydrogen-bond acceptors (Lipinski definition) is 2. The Bertz CT molecular complexity index is 288. The minimum atomic E-state index is -0.0671. The fourth-order valence-corrected chi connectivity index (χ4v) is 1.67. The van der Waals surface area contributed by atoms with E-state index in [0.717, 1.165) is 22.9 Å². The Morgan fingerprint density at radius 3 is 2.85 bits per heavy atom. The molecular weight excluding hydrogens is 230 g/mol. The van der Waals surface area contributed by atoms with E-state index in [1.54, 1.807) is 12.1 Å². The highest BCUT2D eigenvalue weighted by Gasteiger charge is 2.09. The van der Waals surface area contributed by atoms with Gasteiger partial charge in [0.2, 0.25) is 0 Å². The summed E-state index contributed by atoms with van der Waals surface area (Å²) in [5.41, 5.74) is 6.71. The molecular formula is C10H14BrNO. The van der Waals surface area contributed by atoms with Gasteiger partial charge in [0.25, 0.3) is 0 Å². The molecule has 0 unspecified atom stereocenters. The first kappa shape index (κ1) is 10.5. The number of phenols is 1. The van der Waals surface area contributed by atoms with Gasteiger partial charge < -0.3 is 10.8 Å². The molecule has 3 N–H and O–H groups in total. The fraction of sp³-hybridized carbons (Fsp3) is 0.400. The van der Waals surface area contributed by atoms with Gasteiger partial charge in [-0.15, -0.1) is 0 Å². The maximum absolute atomic E-state index is 9.53. The lowest BCUT2D eigenvalue weighted by Gasteiger charge is -2.12. The molecule has 0 radical (unpaired) electrons. The van der Waals surface area contributed by atoms with Gasteiger partial charge in [0.15, 0.2) is 0 Å². The highest BCUT2D eigenvalue weighted by atomic mass is 79.9. The van der Waals surface area contributed by atoms with Crippen LogP contribution in [0.4, 0.5) is 0 Å². The molecule has 3 heteroatoms. The number of halogens is 1. The van der Waals surface area contributed by atoms with Crippen LogP contribution >= 0.6 is 15.9 Å². The van der Waals surface area contributed by atoms with Gasteiger partial charge in [-0.1, -0.05) is 29.3 Å². The molecule has 0 aromatic heterocycles. The van der Waals surface area contributed by atoms with Gasteiger partial charge in [0.05, 0.1) is 0 Å². The third-order valence-electron chi connectivity index (χ3n) is 1.99. The second kappa shape index (κ2) is 4.63. The molecule has 1 aromatic rings. The zero-order valence-electron chi connectivity index (χ0n) is 7.63. The summed E-state index contributed by atoms with van der Waals surface area (Å²) in [6.07, 6.45) is 1.91. The number of benzene rings is 1. The van der Waals surface area contributed by atoms with Crippen LogP contribution < -0.4 is 5.73 Å². The average molecular weight is 244 g/mol. The summed E-state index contributed by atoms with van der Waals surface area (Å²) in [5.74, 6) is 0.282. The quantitative estimate of drug-likeness (QED) is 0.858. The number of nitrogens with two attached hydrogens (primary N) is 1. The van der Waals surface area contributed by atoms with Crippen molar-refractivity contribution in [2.75, 3.05) is 0 Å². The molecule has 0 spiro atoms. The highest BCUT2D eigenvalue weighted by Crippen LogP contribution is 2.28. The summed E-state index contributed by atoms with van der Waals surface area (Å²) in [6, 6.07) is 5.27. The molecule has 0 aliphatic rings. The standard InChI is InChI=1S/C10H14BrNO/c1-2-3-9(12)8-6-7(11)4-5-10(8)13/h4-6,9,13H,2-3,12H2,1H3/t9-/m1/s1. The first-order chi connectivity index (χ1) is 6.15. The SMILES string of the molecule is CCC[C@@H](N)c1cc(Br)ccc1O. The van der Waals surface area contributed by atoms with E-state index in [9.17, 15) is 5.11 Å². The van der Waals surface area contributed by atoms with Crippen molar-refractivity contribution in [3.05, 3.63) is 28.2 Å². The zero-order chi connectivity index (χ0) is 9.84. The summed E-state index contributed by atoms with van der Waals surface area (Å²) in [5, 5.41) is 9.53. The second-order valence-corrected chi connectivity index (χ2v) is 4.01. The molecule has 0 amide bonds. The first-order valence-electron chi connectivity index (χ1n) is 4.39. The Balaban J connectivity index is 2.91. The lowest BCUT2D eigenvalue weighted by Crippen LogP contribution is -2.09. The summed E-state index contributed by atoms with van der Waals surface area (Å²) < 4.78 is 0.951. The second-order valence-electron chi connectivity index (χ2n) is 3.10. The Kier molecular flexibility index (Phi) is 3.75. The van der Waals surface area contributed by atoms with Gasteiger partial charge in [0, 0.05) is 16.1 Å². The Hall–Kier alpha value is -0.540. The molecule has 0 bridgehead atoms. The zero-order valence-corrected chi connectivity index (χ0v) is 9.21. The smallest absolute Gasteiger partial charge is 0.120 e. The molecule has 0 saturated heterocycles. The molecule has 0 aliphatic heterocycles. The third kappa shape index (κ3) is 2.71. The molecule has 0 saturated carbocycles. The predicted molar refractivity (Wildman–Crippen MR) is 57.6 cm³/mol. The van der Waals surface area contributed by atoms with Gasteiger partial charge in [-0.05, 0) is 24.6 Å². The summed E-state index contributed by atoms with van der Waals surface area (Å²) >= 11 is 3.35. The molecule has 1 rings (SSSR count). The topological polar surface area (TPSA) is 46.2 Å². The Labute approximate surface area is 86.9 Å². The Morgan fingerprint density at radius 2 is 2.23 bits per heavy atom. The first-order valence-corrected chi connectivity index (χ1v) is 5.18. The molecule has 0 fully saturated rings. The van der Waals surface area contributed by atoms with E-state index in [1.165, 1.54) is 0 Å². The monoisotopic (exact) mass is 243 g/mol. The van der Waals surface area contributed by atoms with Crippen LogP contribution in [0, 0.1) is 0 Å². The van der Waals surface area contributed by atoms with E-state index in [1.807, 2.05) is 6.07 Å². The number of rotatable bonds is 3. The molecule has 0 aliphatic carbocycles. The van der Waals surface area contributed by atoms with Crippen LogP contribution in [0.25, 0.3) is 0 Å². The maximum Gasteiger partial charge on any atom is 0.120 e. The van der Waals surface area contributed by atoms with Crippen LogP contribution in [0.15, 0.2) is 22.7 Å². The van der Waals surface area contributed by atoms with Crippen molar-refractivity contribution in [3.63, 3.8) is 0 Å². The van der Waals surface area contributed by atoms with Crippen LogP contribution in [0.2, 0.25) is 0 Å². The van der Waals surface area contributed by atoms with Gasteiger partial charge in [-0.3, -0.25) is 0 Å². The van der Waals surface area contributed by atoms with E-state index in [0.29, 0.717) is 0 Å². The number of hydrogen-bond donors (Lipinski definition) is 2. The van der Waals surface area contributed by atoms with Crippen LogP contribution in [0.5, 0.6) is 5.75 Å². The minimum absolute atomic E-state index is 0.0671. The van der Waals surface area contributed by atoms with Crippen molar-refractivity contribution in [1.29, 1.82) is 0 Å². The normalized spacial score (nSPS) is 12.8. The molecule has 72 valence electrons. The van der Waals surface area contributed by atoms with E-state index in [2.05, 4.69) is 22.9 Å². The van der Waals surface area contributed by atoms with E-state index in [4.69, 9.17) is 5.73 Å². The van der Waals surface area contributed by atoms with Crippen molar-refractivity contribution in [2.45, 2.75) is 25.8 Å². The van der Waals surface area contributed by atoms with Crippen LogP contribution in [-0.4, -0.2) is 5.11 Å². The summed E-state index contributed by atoms with van der Waals surface area (Å²) in [6.45, 7) is 2.08. The summed E-state index contributed by atoms with van der Waals surface area (Å²) in [4.78, 5) is 0. The van der Waals surface area contributed by atoms with E-state index >= 15 is 0 Å². The molecule has 2 nitrogen and oxygen atoms in total. The van der Waals surface area contributed by atoms with Crippen LogP contribution in [-0.2, 0) is 0 Å². The number of aromatic hydroxyl groups is 1. The van der Waals surface area contributed by atoms with Crippen molar-refractivity contribution < 1.29 is 5.11 Å². The molecule has 1 atom stereocenters. The van der Waals surface area contributed by atoms with Crippen LogP contribution in [0.3, 0.4) is 0 Å². The van der Waals surface area contributed by atoms with Gasteiger partial charge in [-0.25, -0.2) is 0 Å². The highest BCUT2D eigenvalue weighted by molar-refractivity contribution is 9.10. The van der Waals surface area contributed by atoms with Crippen molar-refractivity contribution >= 4 is 15.9 Å². The average Bonchev–Trinajstić information content (AvgIpc) is 2.09. The predicted octanol–water partition coefficient (Wildman–Crippen LogP) is 2.95. The molecule has 0 heterocycles.